The smallest absolute Gasteiger partial charge is 0.274 e. The van der Waals surface area contributed by atoms with E-state index < -0.39 is 0 Å². The molecule has 0 saturated heterocycles. The minimum Gasteiger partial charge on any atom is -0.381 e. The summed E-state index contributed by atoms with van der Waals surface area (Å²) < 4.78 is 7.38. The van der Waals surface area contributed by atoms with Crippen molar-refractivity contribution in [3.05, 3.63) is 74.4 Å². The quantitative estimate of drug-likeness (QED) is 0.468. The first-order chi connectivity index (χ1) is 16.4. The van der Waals surface area contributed by atoms with E-state index in [0.717, 1.165) is 47.4 Å². The van der Waals surface area contributed by atoms with Crippen molar-refractivity contribution in [2.75, 3.05) is 12.0 Å². The van der Waals surface area contributed by atoms with Gasteiger partial charge in [-0.3, -0.25) is 14.0 Å². The van der Waals surface area contributed by atoms with Crippen molar-refractivity contribution in [2.45, 2.75) is 51.2 Å². The van der Waals surface area contributed by atoms with E-state index in [4.69, 9.17) is 16.3 Å². The molecule has 0 bridgehead atoms. The maximum atomic E-state index is 13.7. The molecule has 1 atom stereocenters. The number of aryl methyl sites for hydroxylation is 1. The Labute approximate surface area is 201 Å². The number of H-pyrrole nitrogens is 1. The molecule has 2 aromatic carbocycles. The maximum absolute atomic E-state index is 13.7. The van der Waals surface area contributed by atoms with E-state index in [-0.39, 0.29) is 29.5 Å². The second-order valence-corrected chi connectivity index (χ2v) is 9.94. The van der Waals surface area contributed by atoms with Crippen LogP contribution < -0.4 is 10.5 Å². The predicted octanol–water partition coefficient (Wildman–Crippen LogP) is 4.62. The molecule has 2 aromatic heterocycles. The van der Waals surface area contributed by atoms with Gasteiger partial charge in [0.2, 0.25) is 0 Å². The van der Waals surface area contributed by atoms with Crippen molar-refractivity contribution >= 4 is 39.7 Å². The molecule has 3 heterocycles. The van der Waals surface area contributed by atoms with Crippen LogP contribution in [0.4, 0.5) is 5.69 Å². The number of nitrogens with one attached hydrogen (secondary N) is 1. The van der Waals surface area contributed by atoms with E-state index in [1.54, 1.807) is 19.4 Å². The van der Waals surface area contributed by atoms with Crippen LogP contribution in [0.2, 0.25) is 5.02 Å². The first-order valence-corrected chi connectivity index (χ1v) is 11.9. The largest absolute Gasteiger partial charge is 0.381 e. The Kier molecular flexibility index (Phi) is 4.83. The van der Waals surface area contributed by atoms with Gasteiger partial charge in [0.15, 0.2) is 0 Å². The fourth-order valence-corrected chi connectivity index (χ4v) is 5.66. The van der Waals surface area contributed by atoms with Gasteiger partial charge in [-0.25, -0.2) is 4.98 Å². The molecule has 34 heavy (non-hydrogen) atoms. The number of hydrogen-bond donors (Lipinski definition) is 1. The molecule has 4 aromatic rings. The third kappa shape index (κ3) is 3.11. The van der Waals surface area contributed by atoms with E-state index in [9.17, 15) is 9.59 Å². The lowest BCUT2D eigenvalue weighted by Gasteiger charge is -2.33. The van der Waals surface area contributed by atoms with Crippen LogP contribution in [0.3, 0.4) is 0 Å². The Morgan fingerprint density at radius 2 is 2.00 bits per heavy atom. The Balaban J connectivity index is 1.47. The zero-order valence-electron chi connectivity index (χ0n) is 19.3. The second-order valence-electron chi connectivity index (χ2n) is 9.50. The maximum Gasteiger partial charge on any atom is 0.274 e. The molecule has 1 N–H and O–H groups in total. The van der Waals surface area contributed by atoms with Crippen molar-refractivity contribution in [1.29, 1.82) is 0 Å². The SMILES string of the molecule is COC1CC(c2ncc3c(=O)[nH]c4cc(C(=O)N5c6ccc(Cl)cc6CC5C)c(C)cc4n23)C1. The minimum atomic E-state index is -0.217. The summed E-state index contributed by atoms with van der Waals surface area (Å²) in [5.41, 5.74) is 5.15. The molecule has 1 aliphatic heterocycles. The molecule has 8 heteroatoms. The number of ether oxygens (including phenoxy) is 1. The summed E-state index contributed by atoms with van der Waals surface area (Å²) in [6.45, 7) is 3.98. The number of rotatable bonds is 3. The van der Waals surface area contributed by atoms with Crippen LogP contribution in [-0.4, -0.2) is 39.5 Å². The molecular formula is C26H25ClN4O3. The van der Waals surface area contributed by atoms with Gasteiger partial charge in [-0.15, -0.1) is 0 Å². The summed E-state index contributed by atoms with van der Waals surface area (Å²) in [7, 11) is 1.72. The van der Waals surface area contributed by atoms with Gasteiger partial charge in [0.05, 0.1) is 23.3 Å². The highest BCUT2D eigenvalue weighted by atomic mass is 35.5. The lowest BCUT2D eigenvalue weighted by Crippen LogP contribution is -2.36. The summed E-state index contributed by atoms with van der Waals surface area (Å²) in [5, 5.41) is 0.670. The number of aromatic nitrogens is 3. The molecule has 1 saturated carbocycles. The Morgan fingerprint density at radius 3 is 2.76 bits per heavy atom. The lowest BCUT2D eigenvalue weighted by molar-refractivity contribution is 0.0236. The van der Waals surface area contributed by atoms with Gasteiger partial charge in [0, 0.05) is 35.3 Å². The number of methoxy groups -OCH3 is 1. The van der Waals surface area contributed by atoms with Gasteiger partial charge in [-0.1, -0.05) is 11.6 Å². The standard InChI is InChI=1S/C26H25ClN4O3/c1-13-6-22-20(29-25(32)23-12-28-24(31(22)23)16-9-18(10-16)34-3)11-19(13)26(33)30-14(2)7-15-8-17(27)4-5-21(15)30/h4-6,8,11-12,14,16,18H,7,9-10H2,1-3H3,(H,29,32). The van der Waals surface area contributed by atoms with Crippen molar-refractivity contribution in [2.24, 2.45) is 0 Å². The molecule has 1 amide bonds. The topological polar surface area (TPSA) is 79.7 Å². The highest BCUT2D eigenvalue weighted by molar-refractivity contribution is 6.30. The van der Waals surface area contributed by atoms with Crippen LogP contribution in [0.15, 0.2) is 41.3 Å². The number of carbonyl (C=O) groups is 1. The number of imidazole rings is 1. The first kappa shape index (κ1) is 21.4. The third-order valence-corrected chi connectivity index (χ3v) is 7.59. The Bertz CT molecular complexity index is 1530. The minimum absolute atomic E-state index is 0.0187. The second kappa shape index (κ2) is 7.68. The fourth-order valence-electron chi connectivity index (χ4n) is 5.47. The summed E-state index contributed by atoms with van der Waals surface area (Å²) in [5.74, 6) is 1.03. The van der Waals surface area contributed by atoms with Crippen LogP contribution in [0.1, 0.15) is 53.0 Å². The number of carbonyl (C=O) groups excluding carboxylic acids is 1. The van der Waals surface area contributed by atoms with E-state index in [1.165, 1.54) is 0 Å². The molecular weight excluding hydrogens is 452 g/mol. The molecule has 1 aliphatic carbocycles. The van der Waals surface area contributed by atoms with E-state index in [2.05, 4.69) is 9.97 Å². The van der Waals surface area contributed by atoms with Crippen molar-refractivity contribution < 1.29 is 9.53 Å². The van der Waals surface area contributed by atoms with Crippen molar-refractivity contribution in [3.8, 4) is 0 Å². The zero-order valence-corrected chi connectivity index (χ0v) is 20.0. The Hall–Kier alpha value is -3.16. The average molecular weight is 477 g/mol. The number of benzene rings is 2. The van der Waals surface area contributed by atoms with Gasteiger partial charge in [-0.2, -0.15) is 0 Å². The number of nitrogens with zero attached hydrogens (tertiary/aromatic N) is 3. The summed E-state index contributed by atoms with van der Waals surface area (Å²) in [6, 6.07) is 9.45. The van der Waals surface area contributed by atoms with Gasteiger partial charge < -0.3 is 14.6 Å². The molecule has 0 radical (unpaired) electrons. The highest BCUT2D eigenvalue weighted by Gasteiger charge is 2.35. The van der Waals surface area contributed by atoms with Gasteiger partial charge in [-0.05, 0) is 74.6 Å². The van der Waals surface area contributed by atoms with Crippen molar-refractivity contribution in [1.82, 2.24) is 14.4 Å². The van der Waals surface area contributed by atoms with Crippen LogP contribution >= 0.6 is 11.6 Å². The zero-order chi connectivity index (χ0) is 23.7. The van der Waals surface area contributed by atoms with Crippen LogP contribution in [0, 0.1) is 6.92 Å². The first-order valence-electron chi connectivity index (χ1n) is 11.5. The van der Waals surface area contributed by atoms with Crippen LogP contribution in [0.5, 0.6) is 0 Å². The number of halogens is 1. The predicted molar refractivity (Wildman–Crippen MR) is 132 cm³/mol. The monoisotopic (exact) mass is 476 g/mol. The van der Waals surface area contributed by atoms with Crippen molar-refractivity contribution in [3.63, 3.8) is 0 Å². The van der Waals surface area contributed by atoms with E-state index >= 15 is 0 Å². The van der Waals surface area contributed by atoms with E-state index in [0.29, 0.717) is 21.6 Å². The number of fused-ring (bicyclic) bond motifs is 4. The van der Waals surface area contributed by atoms with Gasteiger partial charge in [0.25, 0.3) is 11.5 Å². The molecule has 7 nitrogen and oxygen atoms in total. The van der Waals surface area contributed by atoms with Crippen LogP contribution in [0.25, 0.3) is 16.6 Å². The average Bonchev–Trinajstić information content (AvgIpc) is 3.34. The lowest BCUT2D eigenvalue weighted by atomic mass is 9.81. The summed E-state index contributed by atoms with van der Waals surface area (Å²) in [6.07, 6.45) is 4.40. The number of amides is 1. The summed E-state index contributed by atoms with van der Waals surface area (Å²) >= 11 is 6.17. The number of anilines is 1. The number of hydrogen-bond acceptors (Lipinski definition) is 4. The molecule has 0 spiro atoms. The molecule has 6 rings (SSSR count). The van der Waals surface area contributed by atoms with Crippen LogP contribution in [-0.2, 0) is 11.2 Å². The number of aromatic amines is 1. The summed E-state index contributed by atoms with van der Waals surface area (Å²) in [4.78, 5) is 36.0. The van der Waals surface area contributed by atoms with Gasteiger partial charge >= 0.3 is 0 Å². The Morgan fingerprint density at radius 1 is 1.21 bits per heavy atom. The molecule has 1 unspecified atom stereocenters. The normalized spacial score (nSPS) is 21.8. The highest BCUT2D eigenvalue weighted by Crippen LogP contribution is 2.39. The molecule has 2 aliphatic rings. The third-order valence-electron chi connectivity index (χ3n) is 7.35. The fraction of sp³-hybridized carbons (Fsp3) is 0.346. The van der Waals surface area contributed by atoms with Gasteiger partial charge in [0.1, 0.15) is 11.3 Å². The molecule has 1 fully saturated rings. The van der Waals surface area contributed by atoms with E-state index in [1.807, 2.05) is 47.4 Å². The molecule has 174 valence electrons.